The summed E-state index contributed by atoms with van der Waals surface area (Å²) in [7, 11) is 3.54. The van der Waals surface area contributed by atoms with Crippen LogP contribution in [0.2, 0.25) is 0 Å². The smallest absolute Gasteiger partial charge is 0.243 e. The van der Waals surface area contributed by atoms with Gasteiger partial charge in [0.1, 0.15) is 6.54 Å². The van der Waals surface area contributed by atoms with Crippen LogP contribution in [0.3, 0.4) is 0 Å². The van der Waals surface area contributed by atoms with E-state index in [-0.39, 0.29) is 36.4 Å². The maximum atomic E-state index is 12.0. The first-order valence-electron chi connectivity index (χ1n) is 10.1. The molecule has 8 heteroatoms. The molecule has 2 aromatic rings. The number of rotatable bonds is 7. The highest BCUT2D eigenvalue weighted by Crippen LogP contribution is 2.10. The number of thiophene rings is 1. The summed E-state index contributed by atoms with van der Waals surface area (Å²) < 4.78 is 0. The Kier molecular flexibility index (Phi) is 10.6. The van der Waals surface area contributed by atoms with Gasteiger partial charge in [0.25, 0.3) is 0 Å². The normalized spacial score (nSPS) is 14.9. The van der Waals surface area contributed by atoms with Crippen molar-refractivity contribution in [3.63, 3.8) is 0 Å². The van der Waals surface area contributed by atoms with E-state index in [1.807, 2.05) is 0 Å². The molecule has 0 bridgehead atoms. The molecule has 1 aliphatic heterocycles. The summed E-state index contributed by atoms with van der Waals surface area (Å²) in [6, 6.07) is 14.8. The predicted octanol–water partition coefficient (Wildman–Crippen LogP) is 2.76. The first-order valence-corrected chi connectivity index (χ1v) is 11.0. The van der Waals surface area contributed by atoms with E-state index in [1.165, 1.54) is 10.4 Å². The van der Waals surface area contributed by atoms with E-state index >= 15 is 0 Å². The second-order valence-corrected chi connectivity index (χ2v) is 8.47. The molecule has 0 radical (unpaired) electrons. The van der Waals surface area contributed by atoms with E-state index in [4.69, 9.17) is 0 Å². The lowest BCUT2D eigenvalue weighted by molar-refractivity contribution is -0.127. The molecule has 1 amide bonds. The van der Waals surface area contributed by atoms with E-state index in [9.17, 15) is 4.79 Å². The Bertz CT molecular complexity index is 774. The molecule has 1 aromatic carbocycles. The van der Waals surface area contributed by atoms with Gasteiger partial charge in [0.2, 0.25) is 5.91 Å². The molecule has 1 N–H and O–H groups in total. The lowest BCUT2D eigenvalue weighted by Crippen LogP contribution is -2.52. The topological polar surface area (TPSA) is 51.2 Å². The monoisotopic (exact) mass is 541 g/mol. The van der Waals surface area contributed by atoms with Crippen LogP contribution in [0.5, 0.6) is 0 Å². The van der Waals surface area contributed by atoms with E-state index in [0.717, 1.165) is 51.6 Å². The van der Waals surface area contributed by atoms with Crippen molar-refractivity contribution in [2.75, 3.05) is 53.4 Å². The third kappa shape index (κ3) is 7.88. The summed E-state index contributed by atoms with van der Waals surface area (Å²) in [6.45, 7) is 5.77. The van der Waals surface area contributed by atoms with Crippen LogP contribution in [-0.2, 0) is 17.8 Å². The Morgan fingerprint density at radius 1 is 1.10 bits per heavy atom. The number of benzene rings is 1. The number of guanidine groups is 1. The fraction of sp³-hybridized carbons (Fsp3) is 0.455. The van der Waals surface area contributed by atoms with Crippen LogP contribution >= 0.6 is 35.3 Å². The highest BCUT2D eigenvalue weighted by atomic mass is 127. The molecule has 0 aliphatic carbocycles. The van der Waals surface area contributed by atoms with Crippen LogP contribution in [0.4, 0.5) is 0 Å². The summed E-state index contributed by atoms with van der Waals surface area (Å²) in [5.74, 6) is 0.862. The van der Waals surface area contributed by atoms with Crippen molar-refractivity contribution in [3.8, 4) is 0 Å². The van der Waals surface area contributed by atoms with Crippen molar-refractivity contribution >= 4 is 47.2 Å². The molecule has 6 nitrogen and oxygen atoms in total. The number of carbonyl (C=O) groups is 1. The molecule has 0 unspecified atom stereocenters. The van der Waals surface area contributed by atoms with Gasteiger partial charge in [-0.05, 0) is 23.4 Å². The third-order valence-electron chi connectivity index (χ3n) is 5.02. The van der Waals surface area contributed by atoms with Gasteiger partial charge in [-0.3, -0.25) is 9.69 Å². The molecule has 1 saturated heterocycles. The number of amides is 1. The summed E-state index contributed by atoms with van der Waals surface area (Å²) in [6.07, 6.45) is 0.965. The van der Waals surface area contributed by atoms with Crippen LogP contribution in [0.15, 0.2) is 52.8 Å². The van der Waals surface area contributed by atoms with Gasteiger partial charge >= 0.3 is 0 Å². The van der Waals surface area contributed by atoms with Gasteiger partial charge in [0, 0.05) is 58.2 Å². The fourth-order valence-electron chi connectivity index (χ4n) is 3.26. The maximum Gasteiger partial charge on any atom is 0.243 e. The standard InChI is InChI=1S/C22H31N5OS.HI/c1-25(2)21(28)17-24-22(23-11-10-20-9-6-16-29-20)27-14-12-26(13-15-27)18-19-7-4-3-5-8-19;/h3-9,16H,10-15,17-18H2,1-2H3,(H,23,24);1H. The Morgan fingerprint density at radius 2 is 1.83 bits per heavy atom. The van der Waals surface area contributed by atoms with Gasteiger partial charge in [0.05, 0.1) is 0 Å². The SMILES string of the molecule is CN(C)C(=O)CN=C(NCCc1cccs1)N1CCN(Cc2ccccc2)CC1.I. The predicted molar refractivity (Wildman–Crippen MR) is 136 cm³/mol. The third-order valence-corrected chi connectivity index (χ3v) is 5.95. The van der Waals surface area contributed by atoms with Crippen molar-refractivity contribution in [1.29, 1.82) is 0 Å². The molecule has 1 fully saturated rings. The van der Waals surface area contributed by atoms with E-state index in [0.29, 0.717) is 0 Å². The number of nitrogens with one attached hydrogen (secondary N) is 1. The molecule has 0 atom stereocenters. The van der Waals surface area contributed by atoms with E-state index in [2.05, 4.69) is 68.0 Å². The number of aliphatic imine (C=N–C) groups is 1. The van der Waals surface area contributed by atoms with Crippen LogP contribution in [0.25, 0.3) is 0 Å². The van der Waals surface area contributed by atoms with Crippen molar-refractivity contribution in [2.45, 2.75) is 13.0 Å². The highest BCUT2D eigenvalue weighted by molar-refractivity contribution is 14.0. The van der Waals surface area contributed by atoms with Gasteiger partial charge in [-0.1, -0.05) is 36.4 Å². The van der Waals surface area contributed by atoms with Crippen LogP contribution in [-0.4, -0.2) is 79.9 Å². The minimum absolute atomic E-state index is 0. The zero-order valence-electron chi connectivity index (χ0n) is 17.8. The summed E-state index contributed by atoms with van der Waals surface area (Å²) in [5, 5.41) is 5.58. The number of piperazine rings is 1. The number of hydrogen-bond acceptors (Lipinski definition) is 4. The Hall–Kier alpha value is -1.65. The molecule has 30 heavy (non-hydrogen) atoms. The largest absolute Gasteiger partial charge is 0.356 e. The Labute approximate surface area is 201 Å². The number of nitrogens with zero attached hydrogens (tertiary/aromatic N) is 4. The van der Waals surface area contributed by atoms with Crippen molar-refractivity contribution in [3.05, 3.63) is 58.3 Å². The maximum absolute atomic E-state index is 12.0. The van der Waals surface area contributed by atoms with Crippen LogP contribution in [0.1, 0.15) is 10.4 Å². The molecule has 0 saturated carbocycles. The van der Waals surface area contributed by atoms with Crippen molar-refractivity contribution in [1.82, 2.24) is 20.0 Å². The van der Waals surface area contributed by atoms with Crippen LogP contribution < -0.4 is 5.32 Å². The summed E-state index contributed by atoms with van der Waals surface area (Å²) >= 11 is 1.77. The fourth-order valence-corrected chi connectivity index (χ4v) is 3.97. The Balaban J connectivity index is 0.00000320. The van der Waals surface area contributed by atoms with Gasteiger partial charge < -0.3 is 15.1 Å². The molecule has 0 spiro atoms. The lowest BCUT2D eigenvalue weighted by atomic mass is 10.2. The number of carbonyl (C=O) groups excluding carboxylic acids is 1. The molecule has 164 valence electrons. The molecular formula is C22H32IN5OS. The Morgan fingerprint density at radius 3 is 2.47 bits per heavy atom. The first-order chi connectivity index (χ1) is 14.1. The average Bonchev–Trinajstić information content (AvgIpc) is 3.25. The van der Waals surface area contributed by atoms with Gasteiger partial charge in [-0.15, -0.1) is 35.3 Å². The van der Waals surface area contributed by atoms with Gasteiger partial charge in [0.15, 0.2) is 5.96 Å². The minimum Gasteiger partial charge on any atom is -0.356 e. The van der Waals surface area contributed by atoms with Crippen molar-refractivity contribution < 1.29 is 4.79 Å². The average molecular weight is 542 g/mol. The zero-order chi connectivity index (χ0) is 20.5. The molecule has 1 aliphatic rings. The number of hydrogen-bond donors (Lipinski definition) is 1. The van der Waals surface area contributed by atoms with Gasteiger partial charge in [-0.2, -0.15) is 0 Å². The zero-order valence-corrected chi connectivity index (χ0v) is 20.9. The summed E-state index contributed by atoms with van der Waals surface area (Å²) in [4.78, 5) is 24.3. The lowest BCUT2D eigenvalue weighted by Gasteiger charge is -2.36. The molecule has 3 rings (SSSR count). The van der Waals surface area contributed by atoms with Crippen molar-refractivity contribution in [2.24, 2.45) is 4.99 Å². The number of halogens is 1. The minimum atomic E-state index is 0. The highest BCUT2D eigenvalue weighted by Gasteiger charge is 2.20. The van der Waals surface area contributed by atoms with Crippen LogP contribution in [0, 0.1) is 0 Å². The van der Waals surface area contributed by atoms with Gasteiger partial charge in [-0.25, -0.2) is 4.99 Å². The second kappa shape index (κ2) is 12.9. The summed E-state index contributed by atoms with van der Waals surface area (Å²) in [5.41, 5.74) is 1.35. The molecular weight excluding hydrogens is 509 g/mol. The quantitative estimate of drug-likeness (QED) is 0.333. The first kappa shape index (κ1) is 24.6. The number of likely N-dealkylation sites (N-methyl/N-ethyl adjacent to an activating group) is 1. The van der Waals surface area contributed by atoms with E-state index in [1.54, 1.807) is 30.3 Å². The van der Waals surface area contributed by atoms with E-state index < -0.39 is 0 Å². The molecule has 2 heterocycles. The molecule has 1 aromatic heterocycles. The second-order valence-electron chi connectivity index (χ2n) is 7.43.